The molecular formula is C11H11OSi. The summed E-state index contributed by atoms with van der Waals surface area (Å²) in [5, 5.41) is 0. The van der Waals surface area contributed by atoms with Gasteiger partial charge in [0.1, 0.15) is 5.76 Å². The lowest BCUT2D eigenvalue weighted by atomic mass is 10.1. The first-order valence-corrected chi connectivity index (χ1v) is 4.42. The zero-order valence-electron chi connectivity index (χ0n) is 7.58. The fraction of sp³-hybridized carbons (Fsp3) is 0.0909. The summed E-state index contributed by atoms with van der Waals surface area (Å²) in [7, 11) is 2.97. The number of aryl methyl sites for hydroxylation is 1. The Hall–Kier alpha value is -1.28. The largest absolute Gasteiger partial charge is 0.540 e. The summed E-state index contributed by atoms with van der Waals surface area (Å²) in [5.41, 5.74) is 2.35. The third-order valence-corrected chi connectivity index (χ3v) is 2.04. The molecule has 65 valence electrons. The van der Waals surface area contributed by atoms with Gasteiger partial charge in [0, 0.05) is 0 Å². The third-order valence-electron chi connectivity index (χ3n) is 1.81. The molecule has 0 fully saturated rings. The number of rotatable bonds is 3. The predicted octanol–water partition coefficient (Wildman–Crippen LogP) is 2.62. The molecule has 0 saturated heterocycles. The first kappa shape index (κ1) is 9.80. The standard InChI is InChI=1S/C11H11OSi/c1-3-11(12-13)8-10-7-5-4-6-9(10)2/h3-8H,1H2,2H3. The topological polar surface area (TPSA) is 9.23 Å². The molecule has 0 aliphatic rings. The Morgan fingerprint density at radius 2 is 2.15 bits per heavy atom. The lowest BCUT2D eigenvalue weighted by Crippen LogP contribution is -1.85. The summed E-state index contributed by atoms with van der Waals surface area (Å²) in [6, 6.07) is 8.09. The van der Waals surface area contributed by atoms with Gasteiger partial charge in [-0.05, 0) is 30.2 Å². The zero-order valence-corrected chi connectivity index (χ0v) is 8.58. The van der Waals surface area contributed by atoms with E-state index in [-0.39, 0.29) is 0 Å². The highest BCUT2D eigenvalue weighted by Crippen LogP contribution is 2.12. The van der Waals surface area contributed by atoms with Crippen LogP contribution in [0.2, 0.25) is 0 Å². The Balaban J connectivity index is 3.02. The molecule has 0 N–H and O–H groups in total. The Kier molecular flexibility index (Phi) is 3.52. The first-order valence-electron chi connectivity index (χ1n) is 4.01. The predicted molar refractivity (Wildman–Crippen MR) is 56.2 cm³/mol. The normalized spacial score (nSPS) is 11.1. The molecule has 0 bridgehead atoms. The highest BCUT2D eigenvalue weighted by atomic mass is 28.2. The van der Waals surface area contributed by atoms with E-state index in [2.05, 4.69) is 30.1 Å². The minimum atomic E-state index is 0.700. The Morgan fingerprint density at radius 1 is 1.46 bits per heavy atom. The molecule has 0 amide bonds. The third kappa shape index (κ3) is 2.59. The fourth-order valence-electron chi connectivity index (χ4n) is 1.03. The molecule has 1 aromatic carbocycles. The quantitative estimate of drug-likeness (QED) is 0.401. The van der Waals surface area contributed by atoms with Crippen LogP contribution in [0.25, 0.3) is 6.08 Å². The molecule has 0 spiro atoms. The maximum Gasteiger partial charge on any atom is 0.341 e. The Labute approximate surface area is 82.3 Å². The second-order valence-corrected chi connectivity index (χ2v) is 2.91. The molecule has 1 rings (SSSR count). The summed E-state index contributed by atoms with van der Waals surface area (Å²) in [4.78, 5) is 0. The summed E-state index contributed by atoms with van der Waals surface area (Å²) in [6.45, 7) is 5.69. The van der Waals surface area contributed by atoms with E-state index in [9.17, 15) is 0 Å². The maximum absolute atomic E-state index is 4.91. The van der Waals surface area contributed by atoms with Crippen molar-refractivity contribution in [2.24, 2.45) is 0 Å². The van der Waals surface area contributed by atoms with Crippen LogP contribution in [0, 0.1) is 6.92 Å². The van der Waals surface area contributed by atoms with Crippen molar-refractivity contribution in [3.8, 4) is 0 Å². The van der Waals surface area contributed by atoms with Crippen molar-refractivity contribution in [2.45, 2.75) is 6.92 Å². The lowest BCUT2D eigenvalue weighted by molar-refractivity contribution is 0.498. The highest BCUT2D eigenvalue weighted by molar-refractivity contribution is 5.99. The van der Waals surface area contributed by atoms with Crippen LogP contribution in [0.3, 0.4) is 0 Å². The van der Waals surface area contributed by atoms with Gasteiger partial charge in [-0.1, -0.05) is 30.8 Å². The molecular weight excluding hydrogens is 176 g/mol. The fourth-order valence-corrected chi connectivity index (χ4v) is 1.17. The van der Waals surface area contributed by atoms with Crippen LogP contribution in [0.1, 0.15) is 11.1 Å². The molecule has 0 aromatic heterocycles. The average molecular weight is 187 g/mol. The monoisotopic (exact) mass is 187 g/mol. The van der Waals surface area contributed by atoms with Gasteiger partial charge in [0.2, 0.25) is 0 Å². The van der Waals surface area contributed by atoms with E-state index in [4.69, 9.17) is 4.43 Å². The van der Waals surface area contributed by atoms with Crippen molar-refractivity contribution >= 4 is 16.6 Å². The second-order valence-electron chi connectivity index (χ2n) is 2.71. The van der Waals surface area contributed by atoms with E-state index < -0.39 is 0 Å². The molecule has 0 unspecified atom stereocenters. The molecule has 1 nitrogen and oxygen atoms in total. The molecule has 2 heteroatoms. The molecule has 3 radical (unpaired) electrons. The van der Waals surface area contributed by atoms with Crippen LogP contribution >= 0.6 is 0 Å². The van der Waals surface area contributed by atoms with Gasteiger partial charge in [0.05, 0.1) is 0 Å². The molecule has 0 aliphatic carbocycles. The molecule has 13 heavy (non-hydrogen) atoms. The van der Waals surface area contributed by atoms with Gasteiger partial charge >= 0.3 is 10.5 Å². The van der Waals surface area contributed by atoms with Gasteiger partial charge in [-0.2, -0.15) is 0 Å². The van der Waals surface area contributed by atoms with Crippen molar-refractivity contribution in [3.05, 3.63) is 53.8 Å². The highest BCUT2D eigenvalue weighted by Gasteiger charge is 1.94. The van der Waals surface area contributed by atoms with Crippen molar-refractivity contribution in [1.29, 1.82) is 0 Å². The van der Waals surface area contributed by atoms with Crippen LogP contribution in [0.4, 0.5) is 0 Å². The van der Waals surface area contributed by atoms with Gasteiger partial charge in [-0.15, -0.1) is 0 Å². The van der Waals surface area contributed by atoms with Crippen LogP contribution in [-0.4, -0.2) is 10.5 Å². The molecule has 0 heterocycles. The summed E-state index contributed by atoms with van der Waals surface area (Å²) in [5.74, 6) is 0.700. The maximum atomic E-state index is 4.91. The lowest BCUT2D eigenvalue weighted by Gasteiger charge is -2.02. The molecule has 0 aliphatic heterocycles. The molecule has 0 saturated carbocycles. The minimum absolute atomic E-state index is 0.700. The Bertz CT molecular complexity index is 329. The van der Waals surface area contributed by atoms with Gasteiger partial charge in [0.15, 0.2) is 0 Å². The number of allylic oxidation sites excluding steroid dienone is 1. The van der Waals surface area contributed by atoms with Gasteiger partial charge < -0.3 is 4.43 Å². The Morgan fingerprint density at radius 3 is 2.69 bits per heavy atom. The zero-order chi connectivity index (χ0) is 9.68. The average Bonchev–Trinajstić information content (AvgIpc) is 2.17. The van der Waals surface area contributed by atoms with Crippen LogP contribution < -0.4 is 0 Å². The van der Waals surface area contributed by atoms with Crippen LogP contribution in [-0.2, 0) is 4.43 Å². The van der Waals surface area contributed by atoms with Gasteiger partial charge in [0.25, 0.3) is 0 Å². The minimum Gasteiger partial charge on any atom is -0.540 e. The van der Waals surface area contributed by atoms with E-state index in [0.717, 1.165) is 5.56 Å². The number of hydrogen-bond acceptors (Lipinski definition) is 1. The molecule has 0 atom stereocenters. The molecule has 1 aromatic rings. The number of benzene rings is 1. The smallest absolute Gasteiger partial charge is 0.341 e. The van der Waals surface area contributed by atoms with Crippen LogP contribution in [0.15, 0.2) is 42.7 Å². The van der Waals surface area contributed by atoms with E-state index in [1.807, 2.05) is 24.3 Å². The first-order chi connectivity index (χ1) is 6.27. The van der Waals surface area contributed by atoms with Gasteiger partial charge in [-0.25, -0.2) is 0 Å². The summed E-state index contributed by atoms with van der Waals surface area (Å²) in [6.07, 6.45) is 3.58. The van der Waals surface area contributed by atoms with Crippen molar-refractivity contribution in [1.82, 2.24) is 0 Å². The second kappa shape index (κ2) is 4.67. The van der Waals surface area contributed by atoms with E-state index in [0.29, 0.717) is 5.76 Å². The van der Waals surface area contributed by atoms with Crippen LogP contribution in [0.5, 0.6) is 0 Å². The van der Waals surface area contributed by atoms with E-state index in [1.54, 1.807) is 6.08 Å². The summed E-state index contributed by atoms with van der Waals surface area (Å²) >= 11 is 0. The van der Waals surface area contributed by atoms with Crippen molar-refractivity contribution in [3.63, 3.8) is 0 Å². The number of hydrogen-bond donors (Lipinski definition) is 0. The van der Waals surface area contributed by atoms with E-state index in [1.165, 1.54) is 5.56 Å². The van der Waals surface area contributed by atoms with Crippen molar-refractivity contribution < 1.29 is 4.43 Å². The SMILES string of the molecule is C=CC(=Cc1ccccc1C)O[Si]. The van der Waals surface area contributed by atoms with E-state index >= 15 is 0 Å². The summed E-state index contributed by atoms with van der Waals surface area (Å²) < 4.78 is 4.91. The van der Waals surface area contributed by atoms with Gasteiger partial charge in [-0.3, -0.25) is 0 Å². The van der Waals surface area contributed by atoms with Crippen molar-refractivity contribution in [2.75, 3.05) is 0 Å².